The quantitative estimate of drug-likeness (QED) is 0.902. The fraction of sp³-hybridized carbons (Fsp3) is 0.333. The molecule has 2 nitrogen and oxygen atoms in total. The van der Waals surface area contributed by atoms with Crippen LogP contribution in [0.25, 0.3) is 0 Å². The fourth-order valence-corrected chi connectivity index (χ4v) is 3.74. The zero-order chi connectivity index (χ0) is 14.7. The lowest BCUT2D eigenvalue weighted by Gasteiger charge is -2.39. The third-order valence-electron chi connectivity index (χ3n) is 4.46. The van der Waals surface area contributed by atoms with E-state index in [4.69, 9.17) is 4.74 Å². The number of benzene rings is 2. The molecule has 2 aromatic carbocycles. The van der Waals surface area contributed by atoms with Gasteiger partial charge in [-0.05, 0) is 49.7 Å². The lowest BCUT2D eigenvalue weighted by molar-refractivity contribution is 0.338. The van der Waals surface area contributed by atoms with E-state index in [1.54, 1.807) is 7.11 Å². The molecule has 3 heteroatoms. The van der Waals surface area contributed by atoms with Gasteiger partial charge in [0.15, 0.2) is 0 Å². The van der Waals surface area contributed by atoms with E-state index in [1.165, 1.54) is 11.1 Å². The largest absolute Gasteiger partial charge is 0.496 e. The molecule has 1 N–H and O–H groups in total. The summed E-state index contributed by atoms with van der Waals surface area (Å²) in [7, 11) is 1.76. The van der Waals surface area contributed by atoms with Crippen LogP contribution < -0.4 is 10.1 Å². The van der Waals surface area contributed by atoms with Gasteiger partial charge >= 0.3 is 0 Å². The number of rotatable bonds is 3. The molecule has 0 unspecified atom stereocenters. The van der Waals surface area contributed by atoms with Crippen molar-refractivity contribution in [3.63, 3.8) is 0 Å². The van der Waals surface area contributed by atoms with Crippen molar-refractivity contribution in [3.8, 4) is 5.75 Å². The van der Waals surface area contributed by atoms with Gasteiger partial charge in [0.1, 0.15) is 5.75 Å². The van der Waals surface area contributed by atoms with Gasteiger partial charge in [-0.1, -0.05) is 46.3 Å². The lowest BCUT2D eigenvalue weighted by atomic mass is 9.68. The number of hydrogen-bond acceptors (Lipinski definition) is 2. The van der Waals surface area contributed by atoms with Crippen molar-refractivity contribution in [2.45, 2.75) is 18.3 Å². The van der Waals surface area contributed by atoms with E-state index in [9.17, 15) is 0 Å². The van der Waals surface area contributed by atoms with Crippen LogP contribution in [0.1, 0.15) is 24.0 Å². The summed E-state index contributed by atoms with van der Waals surface area (Å²) in [6.45, 7) is 2.06. The van der Waals surface area contributed by atoms with Crippen LogP contribution in [-0.4, -0.2) is 20.2 Å². The molecule has 1 heterocycles. The first-order valence-corrected chi connectivity index (χ1v) is 8.16. The van der Waals surface area contributed by atoms with Crippen molar-refractivity contribution in [2.75, 3.05) is 20.2 Å². The number of ether oxygens (including phenoxy) is 1. The standard InChI is InChI=1S/C18H20BrNO/c1-21-17-8-7-15(19)13-16(17)18(9-11-20-12-10-18)14-5-3-2-4-6-14/h2-8,13,20H,9-12H2,1H3. The molecule has 0 aromatic heterocycles. The van der Waals surface area contributed by atoms with Gasteiger partial charge in [0.2, 0.25) is 0 Å². The normalized spacial score (nSPS) is 17.4. The number of piperidine rings is 1. The molecule has 0 bridgehead atoms. The van der Waals surface area contributed by atoms with Crippen molar-refractivity contribution >= 4 is 15.9 Å². The molecule has 3 rings (SSSR count). The Hall–Kier alpha value is -1.32. The van der Waals surface area contributed by atoms with Gasteiger partial charge < -0.3 is 10.1 Å². The van der Waals surface area contributed by atoms with Crippen molar-refractivity contribution in [3.05, 3.63) is 64.1 Å². The molecule has 0 radical (unpaired) electrons. The summed E-state index contributed by atoms with van der Waals surface area (Å²) in [6.07, 6.45) is 2.17. The molecule has 0 atom stereocenters. The van der Waals surface area contributed by atoms with Gasteiger partial charge in [0.05, 0.1) is 7.11 Å². The van der Waals surface area contributed by atoms with Gasteiger partial charge in [0.25, 0.3) is 0 Å². The summed E-state index contributed by atoms with van der Waals surface area (Å²) in [5, 5.41) is 3.48. The number of nitrogens with one attached hydrogen (secondary N) is 1. The highest BCUT2D eigenvalue weighted by atomic mass is 79.9. The first-order valence-electron chi connectivity index (χ1n) is 7.36. The highest BCUT2D eigenvalue weighted by Crippen LogP contribution is 2.44. The molecule has 1 aliphatic rings. The smallest absolute Gasteiger partial charge is 0.123 e. The van der Waals surface area contributed by atoms with Crippen LogP contribution in [0.2, 0.25) is 0 Å². The average Bonchev–Trinajstić information content (AvgIpc) is 2.56. The molecule has 21 heavy (non-hydrogen) atoms. The second-order valence-corrected chi connectivity index (χ2v) is 6.46. The Morgan fingerprint density at radius 3 is 2.43 bits per heavy atom. The Labute approximate surface area is 134 Å². The number of hydrogen-bond donors (Lipinski definition) is 1. The maximum atomic E-state index is 5.66. The first kappa shape index (κ1) is 14.6. The predicted molar refractivity (Wildman–Crippen MR) is 90.0 cm³/mol. The topological polar surface area (TPSA) is 21.3 Å². The third-order valence-corrected chi connectivity index (χ3v) is 4.95. The van der Waals surface area contributed by atoms with E-state index >= 15 is 0 Å². The van der Waals surface area contributed by atoms with Crippen LogP contribution in [0, 0.1) is 0 Å². The predicted octanol–water partition coefficient (Wildman–Crippen LogP) is 4.13. The maximum Gasteiger partial charge on any atom is 0.123 e. The molecule has 110 valence electrons. The molecular formula is C18H20BrNO. The van der Waals surface area contributed by atoms with Crippen molar-refractivity contribution < 1.29 is 4.74 Å². The molecular weight excluding hydrogens is 326 g/mol. The monoisotopic (exact) mass is 345 g/mol. The molecule has 2 aromatic rings. The van der Waals surface area contributed by atoms with Crippen molar-refractivity contribution in [1.29, 1.82) is 0 Å². The van der Waals surface area contributed by atoms with Crippen molar-refractivity contribution in [2.24, 2.45) is 0 Å². The van der Waals surface area contributed by atoms with Gasteiger partial charge in [-0.3, -0.25) is 0 Å². The molecule has 1 saturated heterocycles. The third kappa shape index (κ3) is 2.72. The molecule has 0 saturated carbocycles. The Bertz CT molecular complexity index is 606. The Balaban J connectivity index is 2.19. The van der Waals surface area contributed by atoms with E-state index in [1.807, 2.05) is 6.07 Å². The van der Waals surface area contributed by atoms with E-state index in [2.05, 4.69) is 63.7 Å². The minimum Gasteiger partial charge on any atom is -0.496 e. The van der Waals surface area contributed by atoms with E-state index in [-0.39, 0.29) is 5.41 Å². The summed E-state index contributed by atoms with van der Waals surface area (Å²) in [6, 6.07) is 17.1. The van der Waals surface area contributed by atoms with Gasteiger partial charge in [-0.2, -0.15) is 0 Å². The minimum atomic E-state index is 0.0294. The summed E-state index contributed by atoms with van der Waals surface area (Å²) in [5.74, 6) is 0.976. The highest BCUT2D eigenvalue weighted by molar-refractivity contribution is 9.10. The SMILES string of the molecule is COc1ccc(Br)cc1C1(c2ccccc2)CCNCC1. The molecule has 1 aliphatic heterocycles. The van der Waals surface area contributed by atoms with E-state index < -0.39 is 0 Å². The Kier molecular flexibility index (Phi) is 4.32. The summed E-state index contributed by atoms with van der Waals surface area (Å²) in [5.41, 5.74) is 2.69. The highest BCUT2D eigenvalue weighted by Gasteiger charge is 2.37. The fourth-order valence-electron chi connectivity index (χ4n) is 3.38. The Morgan fingerprint density at radius 2 is 1.76 bits per heavy atom. The zero-order valence-corrected chi connectivity index (χ0v) is 13.8. The number of methoxy groups -OCH3 is 1. The summed E-state index contributed by atoms with van der Waals surface area (Å²) < 4.78 is 6.76. The zero-order valence-electron chi connectivity index (χ0n) is 12.2. The minimum absolute atomic E-state index is 0.0294. The molecule has 0 aliphatic carbocycles. The van der Waals surface area contributed by atoms with Crippen LogP contribution in [0.15, 0.2) is 53.0 Å². The van der Waals surface area contributed by atoms with Crippen molar-refractivity contribution in [1.82, 2.24) is 5.32 Å². The molecule has 0 amide bonds. The van der Waals surface area contributed by atoms with Crippen LogP contribution in [0.4, 0.5) is 0 Å². The van der Waals surface area contributed by atoms with Crippen LogP contribution in [0.3, 0.4) is 0 Å². The van der Waals surface area contributed by atoms with Crippen LogP contribution in [-0.2, 0) is 5.41 Å². The number of halogens is 1. The van der Waals surface area contributed by atoms with Crippen LogP contribution >= 0.6 is 15.9 Å². The first-order chi connectivity index (χ1) is 10.3. The van der Waals surface area contributed by atoms with E-state index in [0.717, 1.165) is 36.2 Å². The average molecular weight is 346 g/mol. The lowest BCUT2D eigenvalue weighted by Crippen LogP contribution is -2.41. The van der Waals surface area contributed by atoms with Gasteiger partial charge in [-0.15, -0.1) is 0 Å². The maximum absolute atomic E-state index is 5.66. The second-order valence-electron chi connectivity index (χ2n) is 5.54. The van der Waals surface area contributed by atoms with Crippen LogP contribution in [0.5, 0.6) is 5.75 Å². The van der Waals surface area contributed by atoms with Gasteiger partial charge in [0, 0.05) is 15.5 Å². The Morgan fingerprint density at radius 1 is 1.05 bits per heavy atom. The molecule has 0 spiro atoms. The molecule has 1 fully saturated rings. The van der Waals surface area contributed by atoms with E-state index in [0.29, 0.717) is 0 Å². The van der Waals surface area contributed by atoms with Gasteiger partial charge in [-0.25, -0.2) is 0 Å². The summed E-state index contributed by atoms with van der Waals surface area (Å²) >= 11 is 3.62. The summed E-state index contributed by atoms with van der Waals surface area (Å²) in [4.78, 5) is 0. The second kappa shape index (κ2) is 6.20.